The lowest BCUT2D eigenvalue weighted by Crippen LogP contribution is -2.40. The van der Waals surface area contributed by atoms with Crippen LogP contribution >= 0.6 is 35.3 Å². The molecule has 3 rings (SSSR count). The lowest BCUT2D eigenvalue weighted by atomic mass is 10.2. The van der Waals surface area contributed by atoms with E-state index < -0.39 is 0 Å². The van der Waals surface area contributed by atoms with Crippen molar-refractivity contribution in [3.63, 3.8) is 0 Å². The maximum absolute atomic E-state index is 12.2. The van der Waals surface area contributed by atoms with Crippen molar-refractivity contribution in [2.24, 2.45) is 4.99 Å². The largest absolute Gasteiger partial charge is 0.482 e. The lowest BCUT2D eigenvalue weighted by molar-refractivity contribution is -0.121. The highest BCUT2D eigenvalue weighted by Crippen LogP contribution is 2.31. The number of carbonyl (C=O) groups excluding carboxylic acids is 1. The Morgan fingerprint density at radius 2 is 2.11 bits per heavy atom. The summed E-state index contributed by atoms with van der Waals surface area (Å²) in [6.45, 7) is 5.12. The molecule has 0 fully saturated rings. The summed E-state index contributed by atoms with van der Waals surface area (Å²) >= 11 is 1.77. The summed E-state index contributed by atoms with van der Waals surface area (Å²) in [6, 6.07) is 11.9. The Balaban J connectivity index is 0.00000280. The van der Waals surface area contributed by atoms with E-state index in [1.807, 2.05) is 24.3 Å². The standard InChI is InChI=1S/C20H26N4O2S.HI/c1-2-21-20(23-12-10-16-7-5-14-27-16)22-11-6-13-24-17-8-3-4-9-18(17)26-15-19(24)25;/h3-5,7-9,14H,2,6,10-13,15H2,1H3,(H2,21,22,23);1H. The molecule has 0 unspecified atom stereocenters. The third-order valence-electron chi connectivity index (χ3n) is 4.21. The van der Waals surface area contributed by atoms with Crippen LogP contribution in [0.5, 0.6) is 5.75 Å². The zero-order valence-electron chi connectivity index (χ0n) is 16.0. The third kappa shape index (κ3) is 6.37. The van der Waals surface area contributed by atoms with E-state index in [0.717, 1.165) is 43.3 Å². The molecule has 1 aliphatic heterocycles. The molecule has 0 radical (unpaired) electrons. The second-order valence-corrected chi connectivity index (χ2v) is 7.20. The Morgan fingerprint density at radius 3 is 2.89 bits per heavy atom. The molecule has 8 heteroatoms. The van der Waals surface area contributed by atoms with Crippen LogP contribution in [0.3, 0.4) is 0 Å². The van der Waals surface area contributed by atoms with Crippen molar-refractivity contribution in [2.45, 2.75) is 19.8 Å². The molecule has 152 valence electrons. The molecule has 1 aromatic heterocycles. The molecule has 2 N–H and O–H groups in total. The number of thiophene rings is 1. The van der Waals surface area contributed by atoms with Gasteiger partial charge in [0.05, 0.1) is 5.69 Å². The maximum atomic E-state index is 12.2. The van der Waals surface area contributed by atoms with Crippen LogP contribution in [-0.2, 0) is 11.2 Å². The van der Waals surface area contributed by atoms with Crippen molar-refractivity contribution in [1.29, 1.82) is 0 Å². The fourth-order valence-electron chi connectivity index (χ4n) is 2.92. The number of amides is 1. The van der Waals surface area contributed by atoms with Gasteiger partial charge in [-0.15, -0.1) is 35.3 Å². The maximum Gasteiger partial charge on any atom is 0.265 e. The van der Waals surface area contributed by atoms with Gasteiger partial charge in [-0.2, -0.15) is 0 Å². The van der Waals surface area contributed by atoms with Gasteiger partial charge in [0.2, 0.25) is 0 Å². The highest BCUT2D eigenvalue weighted by atomic mass is 127. The summed E-state index contributed by atoms with van der Waals surface area (Å²) in [6.07, 6.45) is 1.78. The van der Waals surface area contributed by atoms with Gasteiger partial charge in [0.25, 0.3) is 5.91 Å². The number of aliphatic imine (C=N–C) groups is 1. The van der Waals surface area contributed by atoms with Crippen molar-refractivity contribution < 1.29 is 9.53 Å². The normalized spacial score (nSPS) is 13.4. The molecule has 2 aromatic rings. The monoisotopic (exact) mass is 514 g/mol. The number of ether oxygens (including phenoxy) is 1. The number of hydrogen-bond acceptors (Lipinski definition) is 4. The van der Waals surface area contributed by atoms with Gasteiger partial charge >= 0.3 is 0 Å². The minimum Gasteiger partial charge on any atom is -0.482 e. The van der Waals surface area contributed by atoms with Crippen LogP contribution in [0.1, 0.15) is 18.2 Å². The summed E-state index contributed by atoms with van der Waals surface area (Å²) in [7, 11) is 0. The Bertz CT molecular complexity index is 767. The Morgan fingerprint density at radius 1 is 1.25 bits per heavy atom. The number of anilines is 1. The van der Waals surface area contributed by atoms with Crippen LogP contribution in [0.25, 0.3) is 0 Å². The van der Waals surface area contributed by atoms with Crippen LogP contribution in [0.2, 0.25) is 0 Å². The number of rotatable bonds is 8. The van der Waals surface area contributed by atoms with Crippen molar-refractivity contribution >= 4 is 52.9 Å². The van der Waals surface area contributed by atoms with Gasteiger partial charge in [-0.3, -0.25) is 9.79 Å². The molecule has 0 saturated carbocycles. The van der Waals surface area contributed by atoms with Crippen LogP contribution < -0.4 is 20.3 Å². The number of halogens is 1. The minimum absolute atomic E-state index is 0. The number of fused-ring (bicyclic) bond motifs is 1. The first-order valence-corrected chi connectivity index (χ1v) is 10.2. The second kappa shape index (κ2) is 11.9. The van der Waals surface area contributed by atoms with Crippen LogP contribution in [0, 0.1) is 0 Å². The molecule has 0 aliphatic carbocycles. The molecule has 28 heavy (non-hydrogen) atoms. The molecule has 0 bridgehead atoms. The predicted molar refractivity (Wildman–Crippen MR) is 126 cm³/mol. The molecule has 0 saturated heterocycles. The SMILES string of the molecule is CCNC(=NCCCN1C(=O)COc2ccccc21)NCCc1cccs1.I. The van der Waals surface area contributed by atoms with Crippen molar-refractivity contribution in [2.75, 3.05) is 37.7 Å². The topological polar surface area (TPSA) is 66.0 Å². The molecule has 6 nitrogen and oxygen atoms in total. The smallest absolute Gasteiger partial charge is 0.265 e. The average Bonchev–Trinajstić information content (AvgIpc) is 3.20. The van der Waals surface area contributed by atoms with Crippen molar-refractivity contribution in [3.8, 4) is 5.75 Å². The van der Waals surface area contributed by atoms with Gasteiger partial charge in [0, 0.05) is 31.1 Å². The zero-order chi connectivity index (χ0) is 18.9. The summed E-state index contributed by atoms with van der Waals surface area (Å²) in [5.74, 6) is 1.59. The number of guanidine groups is 1. The summed E-state index contributed by atoms with van der Waals surface area (Å²) < 4.78 is 5.48. The molecular weight excluding hydrogens is 487 g/mol. The van der Waals surface area contributed by atoms with E-state index in [4.69, 9.17) is 4.74 Å². The number of para-hydroxylation sites is 2. The van der Waals surface area contributed by atoms with E-state index in [9.17, 15) is 4.79 Å². The number of nitrogens with one attached hydrogen (secondary N) is 2. The van der Waals surface area contributed by atoms with Gasteiger partial charge in [-0.1, -0.05) is 18.2 Å². The zero-order valence-corrected chi connectivity index (χ0v) is 19.2. The van der Waals surface area contributed by atoms with E-state index in [0.29, 0.717) is 13.1 Å². The van der Waals surface area contributed by atoms with E-state index in [2.05, 4.69) is 40.1 Å². The van der Waals surface area contributed by atoms with Crippen LogP contribution in [-0.4, -0.2) is 44.7 Å². The van der Waals surface area contributed by atoms with E-state index >= 15 is 0 Å². The van der Waals surface area contributed by atoms with Crippen LogP contribution in [0.4, 0.5) is 5.69 Å². The Hall–Kier alpha value is -1.81. The Kier molecular flexibility index (Phi) is 9.56. The first kappa shape index (κ1) is 22.5. The highest BCUT2D eigenvalue weighted by molar-refractivity contribution is 14.0. The van der Waals surface area contributed by atoms with Gasteiger partial charge in [0.15, 0.2) is 12.6 Å². The number of nitrogens with zero attached hydrogens (tertiary/aromatic N) is 2. The fraction of sp³-hybridized carbons (Fsp3) is 0.400. The first-order chi connectivity index (χ1) is 13.3. The molecular formula is C20H27IN4O2S. The lowest BCUT2D eigenvalue weighted by Gasteiger charge is -2.29. The van der Waals surface area contributed by atoms with E-state index in [1.54, 1.807) is 16.2 Å². The Labute approximate surface area is 187 Å². The minimum atomic E-state index is -0.00124. The summed E-state index contributed by atoms with van der Waals surface area (Å²) in [5.41, 5.74) is 0.846. The number of benzene rings is 1. The average molecular weight is 514 g/mol. The first-order valence-electron chi connectivity index (χ1n) is 9.34. The summed E-state index contributed by atoms with van der Waals surface area (Å²) in [5, 5.41) is 8.73. The van der Waals surface area contributed by atoms with Crippen molar-refractivity contribution in [1.82, 2.24) is 10.6 Å². The number of carbonyl (C=O) groups is 1. The van der Waals surface area contributed by atoms with E-state index in [1.165, 1.54) is 4.88 Å². The summed E-state index contributed by atoms with van der Waals surface area (Å²) in [4.78, 5) is 20.0. The quantitative estimate of drug-likeness (QED) is 0.246. The van der Waals surface area contributed by atoms with E-state index in [-0.39, 0.29) is 36.5 Å². The predicted octanol–water partition coefficient (Wildman–Crippen LogP) is 3.28. The fourth-order valence-corrected chi connectivity index (χ4v) is 3.63. The van der Waals surface area contributed by atoms with Gasteiger partial charge < -0.3 is 20.3 Å². The third-order valence-corrected chi connectivity index (χ3v) is 5.14. The second-order valence-electron chi connectivity index (χ2n) is 6.17. The van der Waals surface area contributed by atoms with Gasteiger partial charge in [-0.25, -0.2) is 0 Å². The van der Waals surface area contributed by atoms with Crippen LogP contribution in [0.15, 0.2) is 46.8 Å². The van der Waals surface area contributed by atoms with Gasteiger partial charge in [-0.05, 0) is 43.3 Å². The molecule has 1 aliphatic rings. The molecule has 1 amide bonds. The highest BCUT2D eigenvalue weighted by Gasteiger charge is 2.24. The molecule has 0 atom stereocenters. The molecule has 0 spiro atoms. The number of hydrogen-bond donors (Lipinski definition) is 2. The van der Waals surface area contributed by atoms with Crippen molar-refractivity contribution in [3.05, 3.63) is 46.7 Å². The van der Waals surface area contributed by atoms with Gasteiger partial charge in [0.1, 0.15) is 5.75 Å². The molecule has 1 aromatic carbocycles. The molecule has 2 heterocycles.